The minimum atomic E-state index is 0.511. The normalized spacial score (nSPS) is 13.9. The standard InChI is InChI=1S/C11H13N5O/c1-7-5-9(16-15-7)13-11-12-6-8-3-2-4-17-10(8)14-11/h5-6H,2-4H2,1H3,(H2,12,13,14,15,16). The molecule has 0 aliphatic carbocycles. The number of hydrogen-bond donors (Lipinski definition) is 2. The highest BCUT2D eigenvalue weighted by molar-refractivity contribution is 5.48. The van der Waals surface area contributed by atoms with Crippen molar-refractivity contribution in [3.8, 4) is 5.88 Å². The summed E-state index contributed by atoms with van der Waals surface area (Å²) >= 11 is 0. The quantitative estimate of drug-likeness (QED) is 0.820. The number of aryl methyl sites for hydroxylation is 2. The van der Waals surface area contributed by atoms with Crippen molar-refractivity contribution < 1.29 is 4.74 Å². The lowest BCUT2D eigenvalue weighted by molar-refractivity contribution is 0.276. The van der Waals surface area contributed by atoms with Crippen LogP contribution in [0.25, 0.3) is 0 Å². The molecule has 1 aliphatic rings. The Balaban J connectivity index is 1.84. The SMILES string of the molecule is Cc1cc(Nc2ncc3c(n2)OCCC3)n[nH]1. The number of nitrogens with one attached hydrogen (secondary N) is 2. The Kier molecular flexibility index (Phi) is 2.40. The van der Waals surface area contributed by atoms with E-state index in [9.17, 15) is 0 Å². The molecular formula is C11H13N5O. The number of H-pyrrole nitrogens is 1. The van der Waals surface area contributed by atoms with Crippen LogP contribution in [0.2, 0.25) is 0 Å². The van der Waals surface area contributed by atoms with Crippen LogP contribution in [0, 0.1) is 6.92 Å². The zero-order valence-electron chi connectivity index (χ0n) is 9.53. The maximum absolute atomic E-state index is 5.49. The molecule has 0 amide bonds. The summed E-state index contributed by atoms with van der Waals surface area (Å²) in [6.07, 6.45) is 3.82. The van der Waals surface area contributed by atoms with Crippen LogP contribution in [-0.4, -0.2) is 26.8 Å². The van der Waals surface area contributed by atoms with E-state index in [1.165, 1.54) is 0 Å². The van der Waals surface area contributed by atoms with Crippen molar-refractivity contribution in [2.45, 2.75) is 19.8 Å². The van der Waals surface area contributed by atoms with Crippen molar-refractivity contribution in [2.75, 3.05) is 11.9 Å². The first-order valence-corrected chi connectivity index (χ1v) is 5.59. The van der Waals surface area contributed by atoms with E-state index in [1.807, 2.05) is 19.2 Å². The summed E-state index contributed by atoms with van der Waals surface area (Å²) < 4.78 is 5.49. The van der Waals surface area contributed by atoms with Gasteiger partial charge in [-0.25, -0.2) is 4.98 Å². The second-order valence-electron chi connectivity index (χ2n) is 4.04. The predicted octanol–water partition coefficient (Wildman–Crippen LogP) is 1.58. The van der Waals surface area contributed by atoms with Gasteiger partial charge in [0.1, 0.15) is 0 Å². The Morgan fingerprint density at radius 3 is 3.24 bits per heavy atom. The first kappa shape index (κ1) is 10.1. The molecule has 0 bridgehead atoms. The summed E-state index contributed by atoms with van der Waals surface area (Å²) in [5, 5.41) is 9.95. The highest BCUT2D eigenvalue weighted by Crippen LogP contribution is 2.23. The van der Waals surface area contributed by atoms with Crippen LogP contribution < -0.4 is 10.1 Å². The number of hydrogen-bond acceptors (Lipinski definition) is 5. The van der Waals surface area contributed by atoms with Crippen LogP contribution in [0.3, 0.4) is 0 Å². The van der Waals surface area contributed by atoms with Gasteiger partial charge in [0.25, 0.3) is 0 Å². The second kappa shape index (κ2) is 4.04. The molecule has 0 spiro atoms. The van der Waals surface area contributed by atoms with Crippen LogP contribution in [-0.2, 0) is 6.42 Å². The molecule has 3 rings (SSSR count). The van der Waals surface area contributed by atoms with E-state index in [-0.39, 0.29) is 0 Å². The van der Waals surface area contributed by atoms with Crippen molar-refractivity contribution in [3.63, 3.8) is 0 Å². The molecule has 0 atom stereocenters. The topological polar surface area (TPSA) is 75.7 Å². The fourth-order valence-electron chi connectivity index (χ4n) is 1.78. The lowest BCUT2D eigenvalue weighted by Gasteiger charge is -2.15. The summed E-state index contributed by atoms with van der Waals surface area (Å²) in [5.41, 5.74) is 2.06. The van der Waals surface area contributed by atoms with Crippen molar-refractivity contribution in [1.82, 2.24) is 20.2 Å². The summed E-state index contributed by atoms with van der Waals surface area (Å²) in [6.45, 7) is 2.67. The van der Waals surface area contributed by atoms with Crippen LogP contribution in [0.4, 0.5) is 11.8 Å². The fourth-order valence-corrected chi connectivity index (χ4v) is 1.78. The fraction of sp³-hybridized carbons (Fsp3) is 0.364. The molecule has 0 saturated heterocycles. The van der Waals surface area contributed by atoms with Crippen LogP contribution >= 0.6 is 0 Å². The summed E-state index contributed by atoms with van der Waals surface area (Å²) in [7, 11) is 0. The predicted molar refractivity (Wildman–Crippen MR) is 62.5 cm³/mol. The third kappa shape index (κ3) is 2.06. The molecule has 0 fully saturated rings. The molecule has 0 saturated carbocycles. The van der Waals surface area contributed by atoms with Gasteiger partial charge in [-0.2, -0.15) is 10.1 Å². The van der Waals surface area contributed by atoms with Crippen molar-refractivity contribution in [3.05, 3.63) is 23.5 Å². The molecule has 0 aromatic carbocycles. The zero-order valence-corrected chi connectivity index (χ0v) is 9.53. The molecule has 17 heavy (non-hydrogen) atoms. The van der Waals surface area contributed by atoms with Crippen LogP contribution in [0.15, 0.2) is 12.3 Å². The number of nitrogens with zero attached hydrogens (tertiary/aromatic N) is 3. The molecule has 6 heteroatoms. The summed E-state index contributed by atoms with van der Waals surface area (Å²) in [5.74, 6) is 1.90. The molecule has 2 N–H and O–H groups in total. The van der Waals surface area contributed by atoms with Gasteiger partial charge in [0.05, 0.1) is 6.61 Å². The zero-order chi connectivity index (χ0) is 11.7. The summed E-state index contributed by atoms with van der Waals surface area (Å²) in [4.78, 5) is 8.56. The van der Waals surface area contributed by atoms with Gasteiger partial charge in [-0.3, -0.25) is 5.10 Å². The molecule has 0 radical (unpaired) electrons. The monoisotopic (exact) mass is 231 g/mol. The van der Waals surface area contributed by atoms with Gasteiger partial charge in [0.15, 0.2) is 5.82 Å². The van der Waals surface area contributed by atoms with E-state index >= 15 is 0 Å². The lowest BCUT2D eigenvalue weighted by Crippen LogP contribution is -2.11. The molecule has 88 valence electrons. The van der Waals surface area contributed by atoms with Crippen LogP contribution in [0.1, 0.15) is 17.7 Å². The van der Waals surface area contributed by atoms with Crippen molar-refractivity contribution in [1.29, 1.82) is 0 Å². The van der Waals surface area contributed by atoms with Gasteiger partial charge in [-0.1, -0.05) is 0 Å². The highest BCUT2D eigenvalue weighted by atomic mass is 16.5. The maximum Gasteiger partial charge on any atom is 0.231 e. The first-order chi connectivity index (χ1) is 8.31. The Hall–Kier alpha value is -2.11. The smallest absolute Gasteiger partial charge is 0.231 e. The molecule has 2 aromatic rings. The van der Waals surface area contributed by atoms with Crippen LogP contribution in [0.5, 0.6) is 5.88 Å². The van der Waals surface area contributed by atoms with Gasteiger partial charge >= 0.3 is 0 Å². The van der Waals surface area contributed by atoms with E-state index in [0.29, 0.717) is 17.6 Å². The first-order valence-electron chi connectivity index (χ1n) is 5.59. The average Bonchev–Trinajstić information content (AvgIpc) is 2.75. The average molecular weight is 231 g/mol. The molecule has 0 unspecified atom stereocenters. The van der Waals surface area contributed by atoms with E-state index in [0.717, 1.165) is 30.7 Å². The maximum atomic E-state index is 5.49. The van der Waals surface area contributed by atoms with Gasteiger partial charge in [-0.05, 0) is 19.8 Å². The third-order valence-corrected chi connectivity index (χ3v) is 2.60. The summed E-state index contributed by atoms with van der Waals surface area (Å²) in [6, 6.07) is 1.89. The number of ether oxygens (including phenoxy) is 1. The van der Waals surface area contributed by atoms with Crippen molar-refractivity contribution in [2.24, 2.45) is 0 Å². The number of aromatic amines is 1. The van der Waals surface area contributed by atoms with Gasteiger partial charge in [0.2, 0.25) is 11.8 Å². The van der Waals surface area contributed by atoms with E-state index < -0.39 is 0 Å². The second-order valence-corrected chi connectivity index (χ2v) is 4.04. The number of rotatable bonds is 2. The van der Waals surface area contributed by atoms with Crippen molar-refractivity contribution >= 4 is 11.8 Å². The highest BCUT2D eigenvalue weighted by Gasteiger charge is 2.13. The molecule has 1 aliphatic heterocycles. The molecule has 6 nitrogen and oxygen atoms in total. The van der Waals surface area contributed by atoms with Gasteiger partial charge in [0, 0.05) is 23.5 Å². The molecular weight excluding hydrogens is 218 g/mol. The van der Waals surface area contributed by atoms with E-state index in [4.69, 9.17) is 4.74 Å². The Morgan fingerprint density at radius 2 is 2.41 bits per heavy atom. The number of anilines is 2. The number of aromatic nitrogens is 4. The van der Waals surface area contributed by atoms with E-state index in [2.05, 4.69) is 25.5 Å². The van der Waals surface area contributed by atoms with E-state index in [1.54, 1.807) is 0 Å². The van der Waals surface area contributed by atoms with Gasteiger partial charge in [-0.15, -0.1) is 0 Å². The minimum Gasteiger partial charge on any atom is -0.477 e. The Morgan fingerprint density at radius 1 is 1.47 bits per heavy atom. The molecule has 3 heterocycles. The largest absolute Gasteiger partial charge is 0.477 e. The Bertz CT molecular complexity index is 536. The third-order valence-electron chi connectivity index (χ3n) is 2.60. The lowest BCUT2D eigenvalue weighted by atomic mass is 10.1. The molecule has 2 aromatic heterocycles. The van der Waals surface area contributed by atoms with Gasteiger partial charge < -0.3 is 10.1 Å². The minimum absolute atomic E-state index is 0.511. The number of fused-ring (bicyclic) bond motifs is 1. The Labute approximate surface area is 98.4 Å².